The number of para-hydroxylation sites is 2. The summed E-state index contributed by atoms with van der Waals surface area (Å²) in [7, 11) is 0. The van der Waals surface area contributed by atoms with Crippen molar-refractivity contribution >= 4 is 43.5 Å². The van der Waals surface area contributed by atoms with Crippen molar-refractivity contribution in [2.75, 3.05) is 0 Å². The minimum atomic E-state index is 1.17. The molecular weight excluding hydrogens is 460 g/mol. The molecule has 8 aromatic rings. The summed E-state index contributed by atoms with van der Waals surface area (Å²) >= 11 is 0. The molecule has 2 heterocycles. The maximum Gasteiger partial charge on any atom is 0.0547 e. The quantitative estimate of drug-likeness (QED) is 0.236. The zero-order valence-corrected chi connectivity index (χ0v) is 20.8. The standard InChI is InChI=1S/C36H24N2/c1-3-10-25(11-4-1)26-12-9-15-28(24-26)38-34-17-8-7-16-32(34)36-31-19-20-33-30(29(31)18-21-35(36)38)22-23-37(33)27-13-5-2-6-14-27/h1-24H. The number of hydrogen-bond donors (Lipinski definition) is 0. The first-order chi connectivity index (χ1) is 18.9. The number of fused-ring (bicyclic) bond motifs is 7. The Balaban J connectivity index is 1.41. The van der Waals surface area contributed by atoms with Gasteiger partial charge in [0, 0.05) is 33.7 Å². The van der Waals surface area contributed by atoms with Gasteiger partial charge in [0.05, 0.1) is 16.6 Å². The third-order valence-corrected chi connectivity index (χ3v) is 7.75. The monoisotopic (exact) mass is 484 g/mol. The lowest BCUT2D eigenvalue weighted by Crippen LogP contribution is -1.94. The Hall–Kier alpha value is -5.08. The van der Waals surface area contributed by atoms with Crippen LogP contribution in [0.25, 0.3) is 66.0 Å². The van der Waals surface area contributed by atoms with Crippen LogP contribution < -0.4 is 0 Å². The molecule has 0 spiro atoms. The molecule has 0 N–H and O–H groups in total. The fraction of sp³-hybridized carbons (Fsp3) is 0. The average molecular weight is 485 g/mol. The lowest BCUT2D eigenvalue weighted by atomic mass is 10.0. The Morgan fingerprint density at radius 1 is 0.368 bits per heavy atom. The first-order valence-electron chi connectivity index (χ1n) is 13.0. The Morgan fingerprint density at radius 3 is 1.92 bits per heavy atom. The maximum atomic E-state index is 2.41. The molecule has 8 rings (SSSR count). The summed E-state index contributed by atoms with van der Waals surface area (Å²) in [5, 5.41) is 6.43. The maximum absolute atomic E-state index is 2.41. The molecule has 0 aliphatic carbocycles. The molecule has 0 aliphatic rings. The van der Waals surface area contributed by atoms with Gasteiger partial charge in [0.1, 0.15) is 0 Å². The van der Waals surface area contributed by atoms with Gasteiger partial charge in [-0.1, -0.05) is 91.0 Å². The van der Waals surface area contributed by atoms with Crippen LogP contribution in [0.4, 0.5) is 0 Å². The highest BCUT2D eigenvalue weighted by atomic mass is 15.0. The highest BCUT2D eigenvalue weighted by molar-refractivity contribution is 6.25. The summed E-state index contributed by atoms with van der Waals surface area (Å²) < 4.78 is 4.69. The highest BCUT2D eigenvalue weighted by Crippen LogP contribution is 2.39. The minimum absolute atomic E-state index is 1.17. The number of hydrogen-bond acceptors (Lipinski definition) is 0. The lowest BCUT2D eigenvalue weighted by Gasteiger charge is -2.11. The molecule has 0 bridgehead atoms. The van der Waals surface area contributed by atoms with Crippen LogP contribution in [-0.4, -0.2) is 9.13 Å². The Kier molecular flexibility index (Phi) is 4.55. The molecule has 178 valence electrons. The summed E-state index contributed by atoms with van der Waals surface area (Å²) in [5.41, 5.74) is 8.48. The molecule has 0 radical (unpaired) electrons. The van der Waals surface area contributed by atoms with Crippen molar-refractivity contribution in [3.8, 4) is 22.5 Å². The summed E-state index contributed by atoms with van der Waals surface area (Å²) in [6, 6.07) is 50.2. The summed E-state index contributed by atoms with van der Waals surface area (Å²) in [4.78, 5) is 0. The molecule has 0 saturated carbocycles. The molecule has 0 atom stereocenters. The van der Waals surface area contributed by atoms with Gasteiger partial charge in [-0.3, -0.25) is 0 Å². The van der Waals surface area contributed by atoms with Crippen molar-refractivity contribution in [1.82, 2.24) is 9.13 Å². The Bertz CT molecular complexity index is 2110. The number of aromatic nitrogens is 2. The molecule has 0 fully saturated rings. The Labute approximate surface area is 220 Å². The van der Waals surface area contributed by atoms with Crippen LogP contribution in [0, 0.1) is 0 Å². The second-order valence-electron chi connectivity index (χ2n) is 9.84. The summed E-state index contributed by atoms with van der Waals surface area (Å²) in [6.07, 6.45) is 2.18. The minimum Gasteiger partial charge on any atom is -0.317 e. The van der Waals surface area contributed by atoms with Crippen molar-refractivity contribution in [3.05, 3.63) is 146 Å². The van der Waals surface area contributed by atoms with Crippen LogP contribution in [0.3, 0.4) is 0 Å². The number of rotatable bonds is 3. The van der Waals surface area contributed by atoms with Crippen LogP contribution in [-0.2, 0) is 0 Å². The van der Waals surface area contributed by atoms with E-state index >= 15 is 0 Å². The van der Waals surface area contributed by atoms with Crippen LogP contribution in [0.15, 0.2) is 146 Å². The van der Waals surface area contributed by atoms with Crippen LogP contribution in [0.1, 0.15) is 0 Å². The van der Waals surface area contributed by atoms with Gasteiger partial charge in [0.15, 0.2) is 0 Å². The normalized spacial score (nSPS) is 11.7. The third-order valence-electron chi connectivity index (χ3n) is 7.75. The van der Waals surface area contributed by atoms with E-state index in [2.05, 4.69) is 155 Å². The molecule has 2 aromatic heterocycles. The van der Waals surface area contributed by atoms with E-state index in [1.807, 2.05) is 0 Å². The zero-order valence-electron chi connectivity index (χ0n) is 20.8. The van der Waals surface area contributed by atoms with Gasteiger partial charge in [-0.25, -0.2) is 0 Å². The van der Waals surface area contributed by atoms with E-state index in [4.69, 9.17) is 0 Å². The first kappa shape index (κ1) is 21.0. The molecular formula is C36H24N2. The van der Waals surface area contributed by atoms with Gasteiger partial charge in [0.25, 0.3) is 0 Å². The molecule has 0 aliphatic heterocycles. The van der Waals surface area contributed by atoms with Crippen LogP contribution >= 0.6 is 0 Å². The number of benzene rings is 6. The van der Waals surface area contributed by atoms with Crippen LogP contribution in [0.2, 0.25) is 0 Å². The predicted molar refractivity (Wildman–Crippen MR) is 161 cm³/mol. The highest BCUT2D eigenvalue weighted by Gasteiger charge is 2.16. The largest absolute Gasteiger partial charge is 0.317 e. The average Bonchev–Trinajstić information content (AvgIpc) is 3.58. The van der Waals surface area contributed by atoms with Gasteiger partial charge in [-0.2, -0.15) is 0 Å². The SMILES string of the molecule is c1ccc(-c2cccc(-n3c4ccccc4c4c5ccc6c(ccn6-c6ccccc6)c5ccc43)c2)cc1. The molecule has 0 amide bonds. The molecule has 2 heteroatoms. The fourth-order valence-corrected chi connectivity index (χ4v) is 6.05. The molecule has 0 saturated heterocycles. The van der Waals surface area contributed by atoms with Crippen LogP contribution in [0.5, 0.6) is 0 Å². The first-order valence-corrected chi connectivity index (χ1v) is 13.0. The molecule has 38 heavy (non-hydrogen) atoms. The van der Waals surface area contributed by atoms with Gasteiger partial charge < -0.3 is 9.13 Å². The van der Waals surface area contributed by atoms with Gasteiger partial charge >= 0.3 is 0 Å². The van der Waals surface area contributed by atoms with Gasteiger partial charge in [-0.05, 0) is 70.4 Å². The predicted octanol–water partition coefficient (Wildman–Crippen LogP) is 9.55. The second-order valence-corrected chi connectivity index (χ2v) is 9.84. The third kappa shape index (κ3) is 3.07. The fourth-order valence-electron chi connectivity index (χ4n) is 6.05. The van der Waals surface area contributed by atoms with Crippen molar-refractivity contribution in [1.29, 1.82) is 0 Å². The van der Waals surface area contributed by atoms with Gasteiger partial charge in [0.2, 0.25) is 0 Å². The van der Waals surface area contributed by atoms with Crippen molar-refractivity contribution in [2.24, 2.45) is 0 Å². The van der Waals surface area contributed by atoms with E-state index in [1.165, 1.54) is 66.0 Å². The summed E-state index contributed by atoms with van der Waals surface area (Å²) in [6.45, 7) is 0. The number of nitrogens with zero attached hydrogens (tertiary/aromatic N) is 2. The van der Waals surface area contributed by atoms with E-state index in [-0.39, 0.29) is 0 Å². The van der Waals surface area contributed by atoms with Gasteiger partial charge in [-0.15, -0.1) is 0 Å². The molecule has 0 unspecified atom stereocenters. The van der Waals surface area contributed by atoms with E-state index in [0.717, 1.165) is 0 Å². The van der Waals surface area contributed by atoms with E-state index < -0.39 is 0 Å². The van der Waals surface area contributed by atoms with Crippen molar-refractivity contribution in [3.63, 3.8) is 0 Å². The van der Waals surface area contributed by atoms with E-state index in [1.54, 1.807) is 0 Å². The zero-order chi connectivity index (χ0) is 25.1. The van der Waals surface area contributed by atoms with Crippen molar-refractivity contribution < 1.29 is 0 Å². The smallest absolute Gasteiger partial charge is 0.0547 e. The molecule has 6 aromatic carbocycles. The van der Waals surface area contributed by atoms with Crippen molar-refractivity contribution in [2.45, 2.75) is 0 Å². The Morgan fingerprint density at radius 2 is 1.05 bits per heavy atom. The lowest BCUT2D eigenvalue weighted by molar-refractivity contribution is 1.13. The molecule has 2 nitrogen and oxygen atoms in total. The van der Waals surface area contributed by atoms with E-state index in [0.29, 0.717) is 0 Å². The second kappa shape index (κ2) is 8.22. The topological polar surface area (TPSA) is 9.86 Å². The van der Waals surface area contributed by atoms with E-state index in [9.17, 15) is 0 Å². The summed E-state index contributed by atoms with van der Waals surface area (Å²) in [5.74, 6) is 0.